The third-order valence-corrected chi connectivity index (χ3v) is 2.90. The third-order valence-electron chi connectivity index (χ3n) is 2.90. The van der Waals surface area contributed by atoms with E-state index in [0.29, 0.717) is 0 Å². The average molecular weight is 253 g/mol. The van der Waals surface area contributed by atoms with Gasteiger partial charge in [-0.05, 0) is 26.0 Å². The molecule has 0 spiro atoms. The number of phenols is 2. The maximum absolute atomic E-state index is 12.1. The summed E-state index contributed by atoms with van der Waals surface area (Å²) in [5.74, 6) is -2.74. The number of amides is 1. The fraction of sp³-hybridized carbons (Fsp3) is 0.333. The van der Waals surface area contributed by atoms with Gasteiger partial charge in [0.2, 0.25) is 0 Å². The highest BCUT2D eigenvalue weighted by molar-refractivity contribution is 6.01. The molecule has 0 aliphatic carbocycles. The van der Waals surface area contributed by atoms with Gasteiger partial charge in [-0.2, -0.15) is 0 Å². The van der Waals surface area contributed by atoms with Crippen LogP contribution < -0.4 is 0 Å². The number of aromatic hydroxyl groups is 2. The zero-order chi connectivity index (χ0) is 14.1. The van der Waals surface area contributed by atoms with Crippen LogP contribution in [-0.2, 0) is 4.79 Å². The van der Waals surface area contributed by atoms with Gasteiger partial charge in [0.15, 0.2) is 0 Å². The first kappa shape index (κ1) is 13.8. The fourth-order valence-corrected chi connectivity index (χ4v) is 1.31. The van der Waals surface area contributed by atoms with Crippen LogP contribution in [0.1, 0.15) is 24.2 Å². The van der Waals surface area contributed by atoms with Crippen molar-refractivity contribution in [2.45, 2.75) is 19.4 Å². The number of carbonyl (C=O) groups excluding carboxylic acids is 1. The molecule has 3 N–H and O–H groups in total. The van der Waals surface area contributed by atoms with Gasteiger partial charge in [-0.1, -0.05) is 6.07 Å². The largest absolute Gasteiger partial charge is 0.507 e. The number of hydrogen-bond donors (Lipinski definition) is 3. The molecule has 1 aromatic rings. The topological polar surface area (TPSA) is 98.1 Å². The fourth-order valence-electron chi connectivity index (χ4n) is 1.31. The Labute approximate surface area is 104 Å². The number of carboxylic acid groups (broad SMARTS) is 1. The van der Waals surface area contributed by atoms with Gasteiger partial charge >= 0.3 is 5.97 Å². The molecule has 0 saturated heterocycles. The van der Waals surface area contributed by atoms with Crippen LogP contribution in [0.5, 0.6) is 11.5 Å². The summed E-state index contributed by atoms with van der Waals surface area (Å²) in [7, 11) is 1.29. The van der Waals surface area contributed by atoms with E-state index >= 15 is 0 Å². The van der Waals surface area contributed by atoms with Crippen molar-refractivity contribution in [2.24, 2.45) is 0 Å². The zero-order valence-electron chi connectivity index (χ0n) is 10.3. The van der Waals surface area contributed by atoms with E-state index < -0.39 is 28.9 Å². The molecule has 0 saturated carbocycles. The summed E-state index contributed by atoms with van der Waals surface area (Å²) in [5, 5.41) is 28.1. The summed E-state index contributed by atoms with van der Waals surface area (Å²) in [5.41, 5.74) is -1.76. The van der Waals surface area contributed by atoms with E-state index in [-0.39, 0.29) is 5.56 Å². The minimum absolute atomic E-state index is 0.311. The summed E-state index contributed by atoms with van der Waals surface area (Å²) >= 11 is 0. The lowest BCUT2D eigenvalue weighted by Crippen LogP contribution is -2.50. The lowest BCUT2D eigenvalue weighted by Gasteiger charge is -2.31. The number of benzene rings is 1. The molecule has 6 heteroatoms. The number of rotatable bonds is 3. The Kier molecular flexibility index (Phi) is 3.50. The van der Waals surface area contributed by atoms with E-state index in [4.69, 9.17) is 5.11 Å². The SMILES string of the molecule is CN(C(=O)c1c(O)cccc1O)C(C)(C)C(=O)O. The van der Waals surface area contributed by atoms with E-state index in [9.17, 15) is 19.8 Å². The minimum Gasteiger partial charge on any atom is -0.507 e. The quantitative estimate of drug-likeness (QED) is 0.747. The summed E-state index contributed by atoms with van der Waals surface area (Å²) in [6.45, 7) is 2.70. The summed E-state index contributed by atoms with van der Waals surface area (Å²) in [6.07, 6.45) is 0. The van der Waals surface area contributed by atoms with Crippen molar-refractivity contribution in [3.8, 4) is 11.5 Å². The molecule has 0 aliphatic heterocycles. The predicted octanol–water partition coefficient (Wildman–Crippen LogP) is 1.03. The van der Waals surface area contributed by atoms with Gasteiger partial charge in [-0.15, -0.1) is 0 Å². The number of carboxylic acids is 1. The highest BCUT2D eigenvalue weighted by Crippen LogP contribution is 2.29. The molecule has 0 unspecified atom stereocenters. The number of aliphatic carboxylic acids is 1. The van der Waals surface area contributed by atoms with Gasteiger partial charge in [0.05, 0.1) is 0 Å². The van der Waals surface area contributed by atoms with Crippen molar-refractivity contribution in [3.63, 3.8) is 0 Å². The smallest absolute Gasteiger partial charge is 0.329 e. The highest BCUT2D eigenvalue weighted by atomic mass is 16.4. The lowest BCUT2D eigenvalue weighted by molar-refractivity contribution is -0.147. The van der Waals surface area contributed by atoms with E-state index in [1.54, 1.807) is 0 Å². The summed E-state index contributed by atoms with van der Waals surface area (Å²) in [4.78, 5) is 24.1. The Bertz CT molecular complexity index is 475. The molecule has 1 aromatic carbocycles. The number of phenolic OH excluding ortho intramolecular Hbond substituents is 2. The van der Waals surface area contributed by atoms with Crippen molar-refractivity contribution in [1.82, 2.24) is 4.90 Å². The highest BCUT2D eigenvalue weighted by Gasteiger charge is 2.37. The van der Waals surface area contributed by atoms with Crippen molar-refractivity contribution in [1.29, 1.82) is 0 Å². The molecular formula is C12H15NO5. The van der Waals surface area contributed by atoms with Crippen molar-refractivity contribution >= 4 is 11.9 Å². The van der Waals surface area contributed by atoms with Gasteiger partial charge in [0.1, 0.15) is 22.6 Å². The molecule has 0 atom stereocenters. The van der Waals surface area contributed by atoms with Gasteiger partial charge < -0.3 is 20.2 Å². The molecule has 0 aliphatic rings. The second-order valence-corrected chi connectivity index (χ2v) is 4.40. The number of carbonyl (C=O) groups is 2. The summed E-state index contributed by atoms with van der Waals surface area (Å²) in [6, 6.07) is 3.87. The summed E-state index contributed by atoms with van der Waals surface area (Å²) < 4.78 is 0. The maximum atomic E-state index is 12.1. The lowest BCUT2D eigenvalue weighted by atomic mass is 10.0. The molecular weight excluding hydrogens is 238 g/mol. The van der Waals surface area contributed by atoms with E-state index in [1.807, 2.05) is 0 Å². The first-order chi connectivity index (χ1) is 8.19. The normalized spacial score (nSPS) is 11.1. The molecule has 6 nitrogen and oxygen atoms in total. The standard InChI is InChI=1S/C12H15NO5/c1-12(2,11(17)18)13(3)10(16)9-7(14)5-4-6-8(9)15/h4-6,14-15H,1-3H3,(H,17,18). The van der Waals surface area contributed by atoms with Crippen LogP contribution in [0, 0.1) is 0 Å². The number of nitrogens with zero attached hydrogens (tertiary/aromatic N) is 1. The van der Waals surface area contributed by atoms with Crippen molar-refractivity contribution in [2.75, 3.05) is 7.05 Å². The second-order valence-electron chi connectivity index (χ2n) is 4.40. The van der Waals surface area contributed by atoms with Gasteiger partial charge in [-0.25, -0.2) is 4.79 Å². The first-order valence-corrected chi connectivity index (χ1v) is 5.22. The zero-order valence-corrected chi connectivity index (χ0v) is 10.3. The van der Waals surface area contributed by atoms with Crippen LogP contribution in [0.2, 0.25) is 0 Å². The Morgan fingerprint density at radius 3 is 2.00 bits per heavy atom. The Balaban J connectivity index is 3.20. The van der Waals surface area contributed by atoms with Gasteiger partial charge in [0, 0.05) is 7.05 Å². The number of likely N-dealkylation sites (N-methyl/N-ethyl adjacent to an activating group) is 1. The maximum Gasteiger partial charge on any atom is 0.329 e. The predicted molar refractivity (Wildman–Crippen MR) is 63.6 cm³/mol. The first-order valence-electron chi connectivity index (χ1n) is 5.22. The molecule has 0 heterocycles. The van der Waals surface area contributed by atoms with Crippen LogP contribution >= 0.6 is 0 Å². The van der Waals surface area contributed by atoms with E-state index in [2.05, 4.69) is 0 Å². The van der Waals surface area contributed by atoms with Crippen LogP contribution in [0.4, 0.5) is 0 Å². The van der Waals surface area contributed by atoms with Crippen LogP contribution in [0.3, 0.4) is 0 Å². The molecule has 0 bridgehead atoms. The minimum atomic E-state index is -1.45. The molecule has 0 fully saturated rings. The molecule has 0 aromatic heterocycles. The van der Waals surface area contributed by atoms with E-state index in [1.165, 1.54) is 39.1 Å². The molecule has 1 rings (SSSR count). The monoisotopic (exact) mass is 253 g/mol. The third kappa shape index (κ3) is 2.22. The molecule has 18 heavy (non-hydrogen) atoms. The second kappa shape index (κ2) is 4.56. The van der Waals surface area contributed by atoms with Crippen LogP contribution in [-0.4, -0.2) is 44.7 Å². The van der Waals surface area contributed by atoms with Crippen LogP contribution in [0.15, 0.2) is 18.2 Å². The Hall–Kier alpha value is -2.24. The van der Waals surface area contributed by atoms with Gasteiger partial charge in [0.25, 0.3) is 5.91 Å². The molecule has 0 radical (unpaired) electrons. The molecule has 1 amide bonds. The van der Waals surface area contributed by atoms with Crippen LogP contribution in [0.25, 0.3) is 0 Å². The van der Waals surface area contributed by atoms with Crippen molar-refractivity contribution in [3.05, 3.63) is 23.8 Å². The van der Waals surface area contributed by atoms with E-state index in [0.717, 1.165) is 4.90 Å². The average Bonchev–Trinajstić information content (AvgIpc) is 2.27. The van der Waals surface area contributed by atoms with Crippen molar-refractivity contribution < 1.29 is 24.9 Å². The van der Waals surface area contributed by atoms with Gasteiger partial charge in [-0.3, -0.25) is 4.79 Å². The number of hydrogen-bond acceptors (Lipinski definition) is 4. The Morgan fingerprint density at radius 2 is 1.61 bits per heavy atom. The Morgan fingerprint density at radius 1 is 1.17 bits per heavy atom. The molecule has 98 valence electrons.